The molecule has 2 N–H and O–H groups in total. The predicted octanol–water partition coefficient (Wildman–Crippen LogP) is 2.37. The van der Waals surface area contributed by atoms with E-state index in [2.05, 4.69) is 6.07 Å². The van der Waals surface area contributed by atoms with Gasteiger partial charge in [-0.3, -0.25) is 4.79 Å². The summed E-state index contributed by atoms with van der Waals surface area (Å²) in [6.07, 6.45) is 1.63. The molecule has 1 aromatic rings. The Morgan fingerprint density at radius 2 is 2.14 bits per heavy atom. The Morgan fingerprint density at radius 3 is 2.86 bits per heavy atom. The van der Waals surface area contributed by atoms with Crippen molar-refractivity contribution in [1.29, 1.82) is 0 Å². The molecule has 122 valence electrons. The SMILES string of the molecule is CCOC(=O)CCCOC1c2c(cccc2OCC)CC1N. The van der Waals surface area contributed by atoms with Gasteiger partial charge in [-0.05, 0) is 38.3 Å². The first kappa shape index (κ1) is 16.8. The van der Waals surface area contributed by atoms with Gasteiger partial charge in [0, 0.05) is 24.6 Å². The summed E-state index contributed by atoms with van der Waals surface area (Å²) >= 11 is 0. The van der Waals surface area contributed by atoms with E-state index in [0.717, 1.165) is 17.7 Å². The number of ether oxygens (including phenoxy) is 3. The summed E-state index contributed by atoms with van der Waals surface area (Å²) in [7, 11) is 0. The van der Waals surface area contributed by atoms with Crippen LogP contribution in [0, 0.1) is 0 Å². The molecular weight excluding hydrogens is 282 g/mol. The fraction of sp³-hybridized carbons (Fsp3) is 0.588. The Balaban J connectivity index is 1.94. The van der Waals surface area contributed by atoms with E-state index in [1.165, 1.54) is 5.56 Å². The van der Waals surface area contributed by atoms with Crippen LogP contribution in [-0.2, 0) is 20.7 Å². The van der Waals surface area contributed by atoms with Crippen LogP contribution < -0.4 is 10.5 Å². The minimum absolute atomic E-state index is 0.0702. The fourth-order valence-corrected chi connectivity index (χ4v) is 2.81. The zero-order valence-corrected chi connectivity index (χ0v) is 13.3. The average molecular weight is 307 g/mol. The smallest absolute Gasteiger partial charge is 0.305 e. The first-order chi connectivity index (χ1) is 10.7. The quantitative estimate of drug-likeness (QED) is 0.590. The Kier molecular flexibility index (Phi) is 6.21. The lowest BCUT2D eigenvalue weighted by atomic mass is 10.1. The second-order valence-corrected chi connectivity index (χ2v) is 5.33. The zero-order chi connectivity index (χ0) is 15.9. The summed E-state index contributed by atoms with van der Waals surface area (Å²) in [6, 6.07) is 5.94. The highest BCUT2D eigenvalue weighted by Gasteiger charge is 2.33. The summed E-state index contributed by atoms with van der Waals surface area (Å²) < 4.78 is 16.5. The number of fused-ring (bicyclic) bond motifs is 1. The van der Waals surface area contributed by atoms with Gasteiger partial charge in [-0.25, -0.2) is 0 Å². The van der Waals surface area contributed by atoms with Crippen molar-refractivity contribution in [1.82, 2.24) is 0 Å². The molecule has 0 bridgehead atoms. The fourth-order valence-electron chi connectivity index (χ4n) is 2.81. The molecule has 2 unspecified atom stereocenters. The van der Waals surface area contributed by atoms with Gasteiger partial charge in [0.25, 0.3) is 0 Å². The van der Waals surface area contributed by atoms with Crippen molar-refractivity contribution in [2.24, 2.45) is 5.73 Å². The Hall–Kier alpha value is -1.59. The van der Waals surface area contributed by atoms with E-state index in [1.54, 1.807) is 6.92 Å². The molecule has 1 aliphatic rings. The third kappa shape index (κ3) is 3.99. The largest absolute Gasteiger partial charge is 0.493 e. The van der Waals surface area contributed by atoms with E-state index in [-0.39, 0.29) is 18.1 Å². The number of esters is 1. The van der Waals surface area contributed by atoms with Crippen LogP contribution in [-0.4, -0.2) is 31.8 Å². The van der Waals surface area contributed by atoms with E-state index in [0.29, 0.717) is 32.7 Å². The van der Waals surface area contributed by atoms with Gasteiger partial charge in [0.15, 0.2) is 0 Å². The molecule has 0 heterocycles. The second-order valence-electron chi connectivity index (χ2n) is 5.33. The van der Waals surface area contributed by atoms with E-state index < -0.39 is 0 Å². The number of nitrogens with two attached hydrogens (primary N) is 1. The number of carbonyl (C=O) groups excluding carboxylic acids is 1. The maximum Gasteiger partial charge on any atom is 0.305 e. The van der Waals surface area contributed by atoms with Crippen molar-refractivity contribution >= 4 is 5.97 Å². The lowest BCUT2D eigenvalue weighted by Gasteiger charge is -2.20. The van der Waals surface area contributed by atoms with E-state index >= 15 is 0 Å². The van der Waals surface area contributed by atoms with Gasteiger partial charge in [0.2, 0.25) is 0 Å². The number of hydrogen-bond acceptors (Lipinski definition) is 5. The van der Waals surface area contributed by atoms with Crippen molar-refractivity contribution in [2.45, 2.75) is 45.3 Å². The first-order valence-corrected chi connectivity index (χ1v) is 7.94. The lowest BCUT2D eigenvalue weighted by Crippen LogP contribution is -2.27. The van der Waals surface area contributed by atoms with E-state index in [9.17, 15) is 4.79 Å². The van der Waals surface area contributed by atoms with Crippen molar-refractivity contribution in [3.05, 3.63) is 29.3 Å². The van der Waals surface area contributed by atoms with Crippen LogP contribution in [0.25, 0.3) is 0 Å². The second kappa shape index (κ2) is 8.15. The molecule has 0 amide bonds. The molecular formula is C17H25NO4. The standard InChI is InChI=1S/C17H25NO4/c1-3-20-14-8-5-7-12-11-13(18)17(16(12)14)22-10-6-9-15(19)21-4-2/h5,7-8,13,17H,3-4,6,9-11,18H2,1-2H3. The van der Waals surface area contributed by atoms with Gasteiger partial charge in [-0.15, -0.1) is 0 Å². The molecule has 2 atom stereocenters. The summed E-state index contributed by atoms with van der Waals surface area (Å²) in [5.41, 5.74) is 8.46. The molecule has 5 nitrogen and oxygen atoms in total. The minimum atomic E-state index is -0.183. The van der Waals surface area contributed by atoms with Gasteiger partial charge in [0.1, 0.15) is 11.9 Å². The van der Waals surface area contributed by atoms with Crippen molar-refractivity contribution in [2.75, 3.05) is 19.8 Å². The molecule has 0 saturated heterocycles. The highest BCUT2D eigenvalue weighted by molar-refractivity contribution is 5.69. The molecule has 0 aromatic heterocycles. The molecule has 0 saturated carbocycles. The first-order valence-electron chi connectivity index (χ1n) is 7.94. The van der Waals surface area contributed by atoms with Crippen LogP contribution in [0.2, 0.25) is 0 Å². The number of benzene rings is 1. The maximum atomic E-state index is 11.3. The van der Waals surface area contributed by atoms with Crippen molar-refractivity contribution < 1.29 is 19.0 Å². The van der Waals surface area contributed by atoms with Crippen LogP contribution in [0.4, 0.5) is 0 Å². The van der Waals surface area contributed by atoms with Crippen LogP contribution in [0.3, 0.4) is 0 Å². The van der Waals surface area contributed by atoms with Crippen LogP contribution in [0.5, 0.6) is 5.75 Å². The molecule has 0 radical (unpaired) electrons. The number of rotatable bonds is 8. The van der Waals surface area contributed by atoms with Gasteiger partial charge in [0.05, 0.1) is 13.2 Å². The van der Waals surface area contributed by atoms with Crippen LogP contribution in [0.15, 0.2) is 18.2 Å². The highest BCUT2D eigenvalue weighted by atomic mass is 16.5. The summed E-state index contributed by atoms with van der Waals surface area (Å²) in [4.78, 5) is 11.3. The molecule has 1 aliphatic carbocycles. The molecule has 2 rings (SSSR count). The van der Waals surface area contributed by atoms with Gasteiger partial charge < -0.3 is 19.9 Å². The highest BCUT2D eigenvalue weighted by Crippen LogP contribution is 2.39. The normalized spacial score (nSPS) is 19.8. The Morgan fingerprint density at radius 1 is 1.32 bits per heavy atom. The van der Waals surface area contributed by atoms with Crippen molar-refractivity contribution in [3.63, 3.8) is 0 Å². The number of hydrogen-bond donors (Lipinski definition) is 1. The van der Waals surface area contributed by atoms with Crippen LogP contribution >= 0.6 is 0 Å². The molecule has 0 spiro atoms. The van der Waals surface area contributed by atoms with Crippen LogP contribution in [0.1, 0.15) is 43.9 Å². The summed E-state index contributed by atoms with van der Waals surface area (Å²) in [6.45, 7) is 5.28. The monoisotopic (exact) mass is 307 g/mol. The summed E-state index contributed by atoms with van der Waals surface area (Å²) in [5, 5.41) is 0. The number of carbonyl (C=O) groups is 1. The van der Waals surface area contributed by atoms with E-state index in [4.69, 9.17) is 19.9 Å². The molecule has 5 heteroatoms. The van der Waals surface area contributed by atoms with Crippen molar-refractivity contribution in [3.8, 4) is 5.75 Å². The molecule has 0 fully saturated rings. The zero-order valence-electron chi connectivity index (χ0n) is 13.3. The summed E-state index contributed by atoms with van der Waals surface area (Å²) in [5.74, 6) is 0.667. The Bertz CT molecular complexity index is 503. The topological polar surface area (TPSA) is 70.8 Å². The van der Waals surface area contributed by atoms with Gasteiger partial charge >= 0.3 is 5.97 Å². The van der Waals surface area contributed by atoms with Gasteiger partial charge in [-0.2, -0.15) is 0 Å². The molecule has 22 heavy (non-hydrogen) atoms. The average Bonchev–Trinajstić information content (AvgIpc) is 2.81. The minimum Gasteiger partial charge on any atom is -0.493 e. The molecule has 0 aliphatic heterocycles. The Labute approximate surface area is 131 Å². The third-order valence-electron chi connectivity index (χ3n) is 3.71. The van der Waals surface area contributed by atoms with E-state index in [1.807, 2.05) is 19.1 Å². The third-order valence-corrected chi connectivity index (χ3v) is 3.71. The lowest BCUT2D eigenvalue weighted by molar-refractivity contribution is -0.143. The maximum absolute atomic E-state index is 11.3. The van der Waals surface area contributed by atoms with Gasteiger partial charge in [-0.1, -0.05) is 12.1 Å². The predicted molar refractivity (Wildman–Crippen MR) is 83.9 cm³/mol. The molecule has 1 aromatic carbocycles.